The molecule has 0 spiro atoms. The van der Waals surface area contributed by atoms with Gasteiger partial charge >= 0.3 is 5.97 Å². The SMILES string of the molecule is COC(=O)/C(=C/C(CCc1ccccc1)N=[N+]=[N-])N=[N+]=[N-]. The maximum atomic E-state index is 11.4. The zero-order valence-electron chi connectivity index (χ0n) is 11.5. The fourth-order valence-corrected chi connectivity index (χ4v) is 1.68. The van der Waals surface area contributed by atoms with Crippen LogP contribution < -0.4 is 0 Å². The Kier molecular flexibility index (Phi) is 6.93. The Morgan fingerprint density at radius 3 is 2.62 bits per heavy atom. The minimum absolute atomic E-state index is 0.217. The lowest BCUT2D eigenvalue weighted by molar-refractivity contribution is -0.136. The summed E-state index contributed by atoms with van der Waals surface area (Å²) in [5.41, 5.74) is 17.9. The Morgan fingerprint density at radius 1 is 1.33 bits per heavy atom. The molecule has 0 aliphatic carbocycles. The molecule has 0 aliphatic heterocycles. The van der Waals surface area contributed by atoms with Crippen LogP contribution in [0.25, 0.3) is 20.9 Å². The molecule has 0 heterocycles. The number of azide groups is 2. The molecule has 1 rings (SSSR count). The Hall–Kier alpha value is -2.95. The first kappa shape index (κ1) is 16.1. The lowest BCUT2D eigenvalue weighted by Gasteiger charge is -2.07. The predicted molar refractivity (Wildman–Crippen MR) is 76.9 cm³/mol. The highest BCUT2D eigenvalue weighted by Gasteiger charge is 2.11. The van der Waals surface area contributed by atoms with Crippen molar-refractivity contribution >= 4 is 5.97 Å². The monoisotopic (exact) mass is 286 g/mol. The molecule has 0 amide bonds. The summed E-state index contributed by atoms with van der Waals surface area (Å²) in [6.45, 7) is 0. The summed E-state index contributed by atoms with van der Waals surface area (Å²) >= 11 is 0. The number of methoxy groups -OCH3 is 1. The van der Waals surface area contributed by atoms with Crippen molar-refractivity contribution < 1.29 is 9.53 Å². The second kappa shape index (κ2) is 9.03. The quantitative estimate of drug-likeness (QED) is 0.249. The number of hydrogen-bond acceptors (Lipinski definition) is 4. The average Bonchev–Trinajstić information content (AvgIpc) is 2.52. The van der Waals surface area contributed by atoms with Crippen molar-refractivity contribution in [2.24, 2.45) is 10.2 Å². The minimum atomic E-state index is -0.773. The van der Waals surface area contributed by atoms with Gasteiger partial charge < -0.3 is 4.74 Å². The number of nitrogens with zero attached hydrogens (tertiary/aromatic N) is 6. The maximum Gasteiger partial charge on any atom is 0.339 e. The lowest BCUT2D eigenvalue weighted by Crippen LogP contribution is -2.08. The van der Waals surface area contributed by atoms with Crippen LogP contribution in [0.3, 0.4) is 0 Å². The largest absolute Gasteiger partial charge is 0.466 e. The normalized spacial score (nSPS) is 11.8. The molecule has 0 radical (unpaired) electrons. The molecule has 0 aliphatic rings. The van der Waals surface area contributed by atoms with Crippen molar-refractivity contribution in [3.63, 3.8) is 0 Å². The first-order valence-electron chi connectivity index (χ1n) is 6.14. The molecular formula is C13H14N6O2. The van der Waals surface area contributed by atoms with Crippen molar-refractivity contribution in [3.05, 3.63) is 68.6 Å². The molecule has 21 heavy (non-hydrogen) atoms. The highest BCUT2D eigenvalue weighted by atomic mass is 16.5. The third-order valence-electron chi connectivity index (χ3n) is 2.67. The summed E-state index contributed by atoms with van der Waals surface area (Å²) in [7, 11) is 1.18. The Bertz CT molecular complexity index is 600. The first-order chi connectivity index (χ1) is 10.2. The van der Waals surface area contributed by atoms with Crippen LogP contribution in [0.4, 0.5) is 0 Å². The molecular weight excluding hydrogens is 272 g/mol. The van der Waals surface area contributed by atoms with E-state index in [-0.39, 0.29) is 5.70 Å². The van der Waals surface area contributed by atoms with E-state index in [2.05, 4.69) is 24.8 Å². The van der Waals surface area contributed by atoms with Gasteiger partial charge in [0.1, 0.15) is 5.70 Å². The molecule has 0 bridgehead atoms. The van der Waals surface area contributed by atoms with E-state index in [4.69, 9.17) is 11.1 Å². The van der Waals surface area contributed by atoms with E-state index >= 15 is 0 Å². The van der Waals surface area contributed by atoms with E-state index < -0.39 is 12.0 Å². The minimum Gasteiger partial charge on any atom is -0.466 e. The topological polar surface area (TPSA) is 124 Å². The van der Waals surface area contributed by atoms with Crippen LogP contribution in [0.5, 0.6) is 0 Å². The van der Waals surface area contributed by atoms with E-state index in [0.717, 1.165) is 5.56 Å². The number of rotatable bonds is 7. The van der Waals surface area contributed by atoms with Crippen molar-refractivity contribution in [3.8, 4) is 0 Å². The van der Waals surface area contributed by atoms with E-state index in [1.165, 1.54) is 13.2 Å². The molecule has 1 aromatic carbocycles. The van der Waals surface area contributed by atoms with Crippen molar-refractivity contribution in [1.82, 2.24) is 0 Å². The molecule has 1 aromatic rings. The van der Waals surface area contributed by atoms with Crippen LogP contribution in [0.15, 0.2) is 52.3 Å². The number of carbonyl (C=O) groups is 1. The molecule has 8 heteroatoms. The fraction of sp³-hybridized carbons (Fsp3) is 0.308. The molecule has 1 atom stereocenters. The molecule has 0 aromatic heterocycles. The van der Waals surface area contributed by atoms with Crippen LogP contribution in [-0.2, 0) is 16.0 Å². The Labute approximate surface area is 121 Å². The van der Waals surface area contributed by atoms with E-state index in [9.17, 15) is 4.79 Å². The van der Waals surface area contributed by atoms with Gasteiger partial charge in [0.15, 0.2) is 0 Å². The third-order valence-corrected chi connectivity index (χ3v) is 2.67. The summed E-state index contributed by atoms with van der Waals surface area (Å²) < 4.78 is 4.50. The molecule has 8 nitrogen and oxygen atoms in total. The average molecular weight is 286 g/mol. The van der Waals surface area contributed by atoms with Gasteiger partial charge in [-0.05, 0) is 29.5 Å². The van der Waals surface area contributed by atoms with Crippen LogP contribution in [0, 0.1) is 0 Å². The summed E-state index contributed by atoms with van der Waals surface area (Å²) in [6, 6.07) is 9.03. The van der Waals surface area contributed by atoms with Crippen molar-refractivity contribution in [2.75, 3.05) is 7.11 Å². The van der Waals surface area contributed by atoms with Crippen LogP contribution >= 0.6 is 0 Å². The second-order valence-corrected chi connectivity index (χ2v) is 4.03. The van der Waals surface area contributed by atoms with E-state index in [1.54, 1.807) is 0 Å². The van der Waals surface area contributed by atoms with Crippen molar-refractivity contribution in [2.45, 2.75) is 18.9 Å². The van der Waals surface area contributed by atoms with Gasteiger partial charge in [-0.1, -0.05) is 46.6 Å². The summed E-state index contributed by atoms with van der Waals surface area (Å²) in [6.07, 6.45) is 2.45. The smallest absolute Gasteiger partial charge is 0.339 e. The fourth-order valence-electron chi connectivity index (χ4n) is 1.68. The second-order valence-electron chi connectivity index (χ2n) is 4.03. The number of carbonyl (C=O) groups excluding carboxylic acids is 1. The predicted octanol–water partition coefficient (Wildman–Crippen LogP) is 3.67. The van der Waals surface area contributed by atoms with Gasteiger partial charge in [0.25, 0.3) is 0 Å². The van der Waals surface area contributed by atoms with Gasteiger partial charge in [0, 0.05) is 9.82 Å². The lowest BCUT2D eigenvalue weighted by atomic mass is 10.0. The first-order valence-corrected chi connectivity index (χ1v) is 6.14. The summed E-state index contributed by atoms with van der Waals surface area (Å²) in [5.74, 6) is -0.773. The molecule has 0 saturated carbocycles. The molecule has 108 valence electrons. The Balaban J connectivity index is 2.87. The van der Waals surface area contributed by atoms with Gasteiger partial charge in [-0.2, -0.15) is 0 Å². The highest BCUT2D eigenvalue weighted by Crippen LogP contribution is 2.12. The maximum absolute atomic E-state index is 11.4. The summed E-state index contributed by atoms with van der Waals surface area (Å²) in [4.78, 5) is 16.7. The Morgan fingerprint density at radius 2 is 2.05 bits per heavy atom. The van der Waals surface area contributed by atoms with E-state index in [1.807, 2.05) is 30.3 Å². The van der Waals surface area contributed by atoms with Gasteiger partial charge in [0.2, 0.25) is 0 Å². The third kappa shape index (κ3) is 5.69. The van der Waals surface area contributed by atoms with Crippen LogP contribution in [-0.4, -0.2) is 19.1 Å². The van der Waals surface area contributed by atoms with E-state index in [0.29, 0.717) is 12.8 Å². The highest BCUT2D eigenvalue weighted by molar-refractivity contribution is 5.88. The number of ether oxygens (including phenoxy) is 1. The summed E-state index contributed by atoms with van der Waals surface area (Å²) in [5, 5.41) is 6.85. The molecule has 1 unspecified atom stereocenters. The molecule has 0 saturated heterocycles. The number of hydrogen-bond donors (Lipinski definition) is 0. The van der Waals surface area contributed by atoms with Crippen LogP contribution in [0.2, 0.25) is 0 Å². The van der Waals surface area contributed by atoms with Crippen LogP contribution in [0.1, 0.15) is 12.0 Å². The van der Waals surface area contributed by atoms with Gasteiger partial charge in [0.05, 0.1) is 13.2 Å². The zero-order valence-corrected chi connectivity index (χ0v) is 11.5. The molecule has 0 N–H and O–H groups in total. The number of esters is 1. The van der Waals surface area contributed by atoms with Gasteiger partial charge in [-0.3, -0.25) is 0 Å². The zero-order chi connectivity index (χ0) is 15.5. The molecule has 0 fully saturated rings. The van der Waals surface area contributed by atoms with Gasteiger partial charge in [-0.15, -0.1) is 0 Å². The standard InChI is InChI=1S/C13H14N6O2/c1-21-13(20)12(17-19-15)9-11(16-18-14)8-7-10-5-3-2-4-6-10/h2-6,9,11H,7-8H2,1H3/b12-9-. The number of benzene rings is 1. The van der Waals surface area contributed by atoms with Crippen molar-refractivity contribution in [1.29, 1.82) is 0 Å². The van der Waals surface area contributed by atoms with Gasteiger partial charge in [-0.25, -0.2) is 4.79 Å². The number of aryl methyl sites for hydroxylation is 1.